The van der Waals surface area contributed by atoms with Crippen LogP contribution in [0.2, 0.25) is 0 Å². The first-order valence-corrected chi connectivity index (χ1v) is 10.1. The Labute approximate surface area is 175 Å². The lowest BCUT2D eigenvalue weighted by Gasteiger charge is -2.42. The van der Waals surface area contributed by atoms with Gasteiger partial charge >= 0.3 is 12.3 Å². The van der Waals surface area contributed by atoms with Crippen LogP contribution in [0.1, 0.15) is 49.5 Å². The van der Waals surface area contributed by atoms with E-state index in [4.69, 9.17) is 4.74 Å². The van der Waals surface area contributed by atoms with Crippen molar-refractivity contribution in [1.82, 2.24) is 9.80 Å². The average Bonchev–Trinajstić information content (AvgIpc) is 3.31. The zero-order chi connectivity index (χ0) is 20.9. The highest BCUT2D eigenvalue weighted by Crippen LogP contribution is 2.45. The Balaban J connectivity index is 1.79. The third-order valence-corrected chi connectivity index (χ3v) is 5.84. The van der Waals surface area contributed by atoms with Crippen LogP contribution >= 0.6 is 22.6 Å². The molecule has 0 N–H and O–H groups in total. The second kappa shape index (κ2) is 7.07. The van der Waals surface area contributed by atoms with E-state index in [2.05, 4.69) is 0 Å². The second-order valence-corrected chi connectivity index (χ2v) is 9.44. The fourth-order valence-corrected chi connectivity index (χ4v) is 3.93. The molecule has 9 heteroatoms. The predicted molar refractivity (Wildman–Crippen MR) is 105 cm³/mol. The molecule has 1 aromatic rings. The van der Waals surface area contributed by atoms with Gasteiger partial charge in [0.15, 0.2) is 0 Å². The Morgan fingerprint density at radius 1 is 1.14 bits per heavy atom. The molecule has 2 aliphatic rings. The van der Waals surface area contributed by atoms with Crippen LogP contribution in [0.25, 0.3) is 0 Å². The lowest BCUT2D eigenvalue weighted by molar-refractivity contribution is -0.137. The summed E-state index contributed by atoms with van der Waals surface area (Å²) in [7, 11) is 0. The predicted octanol–water partition coefficient (Wildman–Crippen LogP) is 4.54. The van der Waals surface area contributed by atoms with Gasteiger partial charge in [-0.1, -0.05) is 0 Å². The van der Waals surface area contributed by atoms with Crippen molar-refractivity contribution in [2.24, 2.45) is 0 Å². The largest absolute Gasteiger partial charge is 0.444 e. The third kappa shape index (κ3) is 4.38. The van der Waals surface area contributed by atoms with Crippen molar-refractivity contribution in [3.63, 3.8) is 0 Å². The van der Waals surface area contributed by atoms with Crippen molar-refractivity contribution in [2.75, 3.05) is 19.6 Å². The first-order valence-electron chi connectivity index (χ1n) is 8.99. The van der Waals surface area contributed by atoms with E-state index in [1.807, 2.05) is 22.6 Å². The summed E-state index contributed by atoms with van der Waals surface area (Å²) < 4.78 is 45.1. The van der Waals surface area contributed by atoms with Crippen LogP contribution in [0, 0.1) is 3.57 Å². The zero-order valence-corrected chi connectivity index (χ0v) is 18.1. The normalized spacial score (nSPS) is 19.0. The number of nitrogens with zero attached hydrogens (tertiary/aromatic N) is 2. The number of rotatable bonds is 1. The molecule has 1 saturated heterocycles. The molecule has 28 heavy (non-hydrogen) atoms. The number of carbonyl (C=O) groups is 2. The average molecular weight is 510 g/mol. The smallest absolute Gasteiger partial charge is 0.416 e. The number of alkyl halides is 3. The molecule has 0 radical (unpaired) electrons. The van der Waals surface area contributed by atoms with Gasteiger partial charge in [0.1, 0.15) is 5.60 Å². The van der Waals surface area contributed by atoms with Gasteiger partial charge in [-0.25, -0.2) is 4.79 Å². The number of hydrogen-bond acceptors (Lipinski definition) is 3. The number of benzene rings is 1. The summed E-state index contributed by atoms with van der Waals surface area (Å²) in [6, 6.07) is 3.21. The minimum atomic E-state index is -4.51. The highest BCUT2D eigenvalue weighted by molar-refractivity contribution is 14.1. The molecule has 154 valence electrons. The first kappa shape index (κ1) is 21.2. The molecule has 1 spiro atoms. The molecular formula is C19H22F3IN2O3. The lowest BCUT2D eigenvalue weighted by atomic mass is 10.1. The second-order valence-electron chi connectivity index (χ2n) is 8.28. The minimum Gasteiger partial charge on any atom is -0.444 e. The highest BCUT2D eigenvalue weighted by Gasteiger charge is 2.54. The molecule has 0 unspecified atom stereocenters. The molecule has 3 rings (SSSR count). The highest BCUT2D eigenvalue weighted by atomic mass is 127. The van der Waals surface area contributed by atoms with Gasteiger partial charge in [-0.2, -0.15) is 13.2 Å². The van der Waals surface area contributed by atoms with Crippen molar-refractivity contribution >= 4 is 34.6 Å². The molecule has 1 heterocycles. The molecule has 0 atom stereocenters. The van der Waals surface area contributed by atoms with Gasteiger partial charge in [-0.05, 0) is 74.4 Å². The van der Waals surface area contributed by atoms with E-state index in [0.717, 1.165) is 12.1 Å². The molecule has 1 saturated carbocycles. The van der Waals surface area contributed by atoms with Crippen molar-refractivity contribution in [3.05, 3.63) is 32.9 Å². The quantitative estimate of drug-likeness (QED) is 0.522. The maximum Gasteiger partial charge on any atom is 0.416 e. The molecule has 1 aromatic carbocycles. The summed E-state index contributed by atoms with van der Waals surface area (Å²) >= 11 is 1.88. The Hall–Kier alpha value is -1.52. The molecule has 2 amide bonds. The zero-order valence-electron chi connectivity index (χ0n) is 15.9. The van der Waals surface area contributed by atoms with Crippen LogP contribution < -0.4 is 0 Å². The fourth-order valence-electron chi connectivity index (χ4n) is 3.36. The maximum atomic E-state index is 13.1. The third-order valence-electron chi connectivity index (χ3n) is 4.90. The van der Waals surface area contributed by atoms with Gasteiger partial charge in [0.05, 0.1) is 16.7 Å². The molecule has 1 aliphatic heterocycles. The molecular weight excluding hydrogens is 488 g/mol. The minimum absolute atomic E-state index is 0.0485. The number of hydrogen-bond donors (Lipinski definition) is 0. The van der Waals surface area contributed by atoms with E-state index in [-0.39, 0.29) is 18.7 Å². The van der Waals surface area contributed by atoms with Gasteiger partial charge in [0.2, 0.25) is 0 Å². The van der Waals surface area contributed by atoms with Crippen molar-refractivity contribution in [2.45, 2.75) is 50.9 Å². The van der Waals surface area contributed by atoms with Crippen LogP contribution in [0.3, 0.4) is 0 Å². The standard InChI is InChI=1S/C19H22F3IN2O3/c1-17(2,3)28-16(27)24-8-9-25(18(11-24)6-7-18)15(26)13-10-12(19(20,21)22)4-5-14(13)23/h4-5,10H,6-9,11H2,1-3H3. The van der Waals surface area contributed by atoms with Crippen molar-refractivity contribution < 1.29 is 27.5 Å². The Kier molecular flexibility index (Phi) is 5.35. The van der Waals surface area contributed by atoms with E-state index in [0.29, 0.717) is 23.0 Å². The first-order chi connectivity index (χ1) is 12.8. The van der Waals surface area contributed by atoms with Crippen LogP contribution in [0.5, 0.6) is 0 Å². The van der Waals surface area contributed by atoms with Gasteiger partial charge in [-0.3, -0.25) is 4.79 Å². The van der Waals surface area contributed by atoms with E-state index in [9.17, 15) is 22.8 Å². The Bertz CT molecular complexity index is 801. The van der Waals surface area contributed by atoms with E-state index >= 15 is 0 Å². The van der Waals surface area contributed by atoms with E-state index in [1.165, 1.54) is 6.07 Å². The number of carbonyl (C=O) groups excluding carboxylic acids is 2. The SMILES string of the molecule is CC(C)(C)OC(=O)N1CCN(C(=O)c2cc(C(F)(F)F)ccc2I)C2(CC2)C1. The summed E-state index contributed by atoms with van der Waals surface area (Å²) in [4.78, 5) is 28.7. The Morgan fingerprint density at radius 3 is 2.32 bits per heavy atom. The molecule has 5 nitrogen and oxygen atoms in total. The molecule has 2 fully saturated rings. The monoisotopic (exact) mass is 510 g/mol. The van der Waals surface area contributed by atoms with Gasteiger partial charge in [0, 0.05) is 23.2 Å². The molecule has 1 aliphatic carbocycles. The summed E-state index contributed by atoms with van der Waals surface area (Å²) in [5.41, 5.74) is -1.92. The number of piperazine rings is 1. The van der Waals surface area contributed by atoms with Crippen LogP contribution in [0.15, 0.2) is 18.2 Å². The summed E-state index contributed by atoms with van der Waals surface area (Å²) in [6.45, 7) is 6.25. The van der Waals surface area contributed by atoms with E-state index < -0.39 is 34.9 Å². The van der Waals surface area contributed by atoms with Crippen LogP contribution in [-0.4, -0.2) is 52.6 Å². The molecule has 0 bridgehead atoms. The van der Waals surface area contributed by atoms with Crippen molar-refractivity contribution in [3.8, 4) is 0 Å². The summed E-state index contributed by atoms with van der Waals surface area (Å²) in [5, 5.41) is 0. The van der Waals surface area contributed by atoms with Crippen LogP contribution in [-0.2, 0) is 10.9 Å². The Morgan fingerprint density at radius 2 is 1.79 bits per heavy atom. The fraction of sp³-hybridized carbons (Fsp3) is 0.579. The summed E-state index contributed by atoms with van der Waals surface area (Å²) in [5.74, 6) is -0.420. The number of amides is 2. The van der Waals surface area contributed by atoms with Gasteiger partial charge in [0.25, 0.3) is 5.91 Å². The topological polar surface area (TPSA) is 49.9 Å². The summed E-state index contributed by atoms with van der Waals surface area (Å²) in [6.07, 6.45) is -3.51. The van der Waals surface area contributed by atoms with Crippen LogP contribution in [0.4, 0.5) is 18.0 Å². The van der Waals surface area contributed by atoms with E-state index in [1.54, 1.807) is 30.6 Å². The molecule has 0 aromatic heterocycles. The number of ether oxygens (including phenoxy) is 1. The maximum absolute atomic E-state index is 13.1. The lowest BCUT2D eigenvalue weighted by Crippen LogP contribution is -2.58. The van der Waals surface area contributed by atoms with Gasteiger partial charge < -0.3 is 14.5 Å². The number of halogens is 4. The van der Waals surface area contributed by atoms with Gasteiger partial charge in [-0.15, -0.1) is 0 Å². The van der Waals surface area contributed by atoms with Crippen molar-refractivity contribution in [1.29, 1.82) is 0 Å².